The van der Waals surface area contributed by atoms with Crippen LogP contribution in [0.5, 0.6) is 0 Å². The average molecular weight is 734 g/mol. The molecule has 0 aliphatic carbocycles. The highest BCUT2D eigenvalue weighted by Crippen LogP contribution is 2.29. The standard InChI is InChI=1S/C27H28N4O.C14H16N4.ClH.H3NO/c1-19-10-11-20(2)30(19)26-16-24(17-27(29-26)31-21(3)12-13-22(31)4)25(14-15-28-18-32)23-8-6-5-7-9-23;15-7-6-12(10-4-2-1-3-5-10)11-8-13(16)18-14(17)9-11;;1-2/h5-14,16-18H,15H2,1-4H3,(H,28,32);1-6,8-9H,7,15H2,(H4,16,17,18);1H;2H,1H2/b25-14+;12-6+;;. The van der Waals surface area contributed by atoms with Crippen LogP contribution in [0.3, 0.4) is 0 Å². The number of hydrogen-bond donors (Lipinski definition) is 6. The van der Waals surface area contributed by atoms with Crippen molar-refractivity contribution in [3.05, 3.63) is 166 Å². The molecule has 0 aliphatic rings. The van der Waals surface area contributed by atoms with Gasteiger partial charge in [0.25, 0.3) is 0 Å². The van der Waals surface area contributed by atoms with Crippen LogP contribution in [0, 0.1) is 27.7 Å². The van der Waals surface area contributed by atoms with Crippen LogP contribution >= 0.6 is 12.4 Å². The Morgan fingerprint density at radius 1 is 0.623 bits per heavy atom. The largest absolute Gasteiger partial charge is 0.384 e. The van der Waals surface area contributed by atoms with Crippen molar-refractivity contribution in [2.75, 3.05) is 24.6 Å². The van der Waals surface area contributed by atoms with Crippen molar-refractivity contribution < 1.29 is 10.0 Å². The summed E-state index contributed by atoms with van der Waals surface area (Å²) in [6.45, 7) is 9.27. The Hall–Kier alpha value is -5.98. The van der Waals surface area contributed by atoms with Gasteiger partial charge in [-0.3, -0.25) is 4.79 Å². The van der Waals surface area contributed by atoms with Gasteiger partial charge in [-0.15, -0.1) is 12.4 Å². The van der Waals surface area contributed by atoms with Crippen LogP contribution in [0.1, 0.15) is 45.0 Å². The minimum atomic E-state index is 0. The molecule has 2 aromatic carbocycles. The van der Waals surface area contributed by atoms with Crippen molar-refractivity contribution in [1.82, 2.24) is 24.4 Å². The first-order valence-corrected chi connectivity index (χ1v) is 16.7. The molecule has 0 saturated heterocycles. The minimum Gasteiger partial charge on any atom is -0.384 e. The number of pyridine rings is 2. The van der Waals surface area contributed by atoms with Gasteiger partial charge in [0, 0.05) is 35.9 Å². The van der Waals surface area contributed by atoms with E-state index in [1.54, 1.807) is 12.1 Å². The van der Waals surface area contributed by atoms with E-state index in [9.17, 15) is 4.79 Å². The first kappa shape index (κ1) is 41.4. The van der Waals surface area contributed by atoms with Crippen LogP contribution in [-0.4, -0.2) is 43.8 Å². The molecule has 4 aromatic heterocycles. The van der Waals surface area contributed by atoms with Crippen LogP contribution in [0.25, 0.3) is 22.8 Å². The number of amides is 1. The lowest BCUT2D eigenvalue weighted by molar-refractivity contribution is -0.109. The number of rotatable bonds is 10. The summed E-state index contributed by atoms with van der Waals surface area (Å²) in [4.78, 5) is 19.9. The van der Waals surface area contributed by atoms with Crippen LogP contribution in [0.2, 0.25) is 0 Å². The average Bonchev–Trinajstić information content (AvgIpc) is 3.68. The third kappa shape index (κ3) is 10.5. The number of hydrogen-bond acceptors (Lipinski definition) is 8. The monoisotopic (exact) mass is 733 g/mol. The topological polar surface area (TPSA) is 189 Å². The molecule has 10 N–H and O–H groups in total. The van der Waals surface area contributed by atoms with E-state index < -0.39 is 0 Å². The number of anilines is 2. The number of carbonyl (C=O) groups excluding carboxylic acids is 1. The molecule has 0 radical (unpaired) electrons. The van der Waals surface area contributed by atoms with Gasteiger partial charge in [-0.1, -0.05) is 72.8 Å². The van der Waals surface area contributed by atoms with Gasteiger partial charge in [-0.05, 0) is 110 Å². The lowest BCUT2D eigenvalue weighted by Crippen LogP contribution is -2.11. The Bertz CT molecular complexity index is 2020. The zero-order valence-electron chi connectivity index (χ0n) is 30.4. The number of carbonyl (C=O) groups is 1. The number of nitrogen functional groups attached to an aromatic ring is 2. The van der Waals surface area contributed by atoms with Gasteiger partial charge in [-0.25, -0.2) is 15.9 Å². The van der Waals surface area contributed by atoms with E-state index in [4.69, 9.17) is 27.4 Å². The zero-order chi connectivity index (χ0) is 37.6. The molecule has 6 aromatic rings. The highest BCUT2D eigenvalue weighted by molar-refractivity contribution is 5.85. The van der Waals surface area contributed by atoms with Crippen molar-refractivity contribution in [3.8, 4) is 11.6 Å². The Morgan fingerprint density at radius 3 is 1.42 bits per heavy atom. The molecule has 0 fully saturated rings. The number of nitrogens with two attached hydrogens (primary N) is 4. The quantitative estimate of drug-likeness (QED) is 0.0525. The van der Waals surface area contributed by atoms with E-state index >= 15 is 0 Å². The predicted octanol–water partition coefficient (Wildman–Crippen LogP) is 6.47. The molecule has 4 heterocycles. The maximum absolute atomic E-state index is 10.9. The Morgan fingerprint density at radius 2 is 1.02 bits per heavy atom. The van der Waals surface area contributed by atoms with Gasteiger partial charge in [0.1, 0.15) is 23.3 Å². The fourth-order valence-corrected chi connectivity index (χ4v) is 6.04. The number of halogens is 1. The second kappa shape index (κ2) is 20.2. The van der Waals surface area contributed by atoms with E-state index in [0.29, 0.717) is 24.7 Å². The van der Waals surface area contributed by atoms with Crippen LogP contribution < -0.4 is 28.4 Å². The maximum Gasteiger partial charge on any atom is 0.207 e. The first-order chi connectivity index (χ1) is 25.2. The number of nitrogens with zero attached hydrogens (tertiary/aromatic N) is 4. The van der Waals surface area contributed by atoms with E-state index in [1.165, 1.54) is 0 Å². The molecule has 6 rings (SSSR count). The number of nitrogens with one attached hydrogen (secondary N) is 1. The summed E-state index contributed by atoms with van der Waals surface area (Å²) in [6.07, 6.45) is 4.72. The molecule has 53 heavy (non-hydrogen) atoms. The fraction of sp³-hybridized carbons (Fsp3) is 0.146. The van der Waals surface area contributed by atoms with Gasteiger partial charge in [0.05, 0.1) is 0 Å². The van der Waals surface area contributed by atoms with Crippen molar-refractivity contribution in [2.24, 2.45) is 11.6 Å². The van der Waals surface area contributed by atoms with E-state index in [-0.39, 0.29) is 12.4 Å². The van der Waals surface area contributed by atoms with Gasteiger partial charge < -0.3 is 36.9 Å². The van der Waals surface area contributed by atoms with Crippen LogP contribution in [0.15, 0.2) is 121 Å². The molecular weight excluding hydrogens is 686 g/mol. The zero-order valence-corrected chi connectivity index (χ0v) is 31.2. The highest BCUT2D eigenvalue weighted by atomic mass is 35.5. The molecule has 0 aliphatic heterocycles. The van der Waals surface area contributed by atoms with Gasteiger partial charge in [-0.2, -0.15) is 0 Å². The molecule has 0 atom stereocenters. The molecule has 0 unspecified atom stereocenters. The molecule has 1 amide bonds. The normalized spacial score (nSPS) is 11.0. The van der Waals surface area contributed by atoms with E-state index in [0.717, 1.165) is 74.2 Å². The summed E-state index contributed by atoms with van der Waals surface area (Å²) in [5.41, 5.74) is 27.8. The second-order valence-corrected chi connectivity index (χ2v) is 11.9. The van der Waals surface area contributed by atoms with Gasteiger partial charge in [0.2, 0.25) is 6.41 Å². The summed E-state index contributed by atoms with van der Waals surface area (Å²) in [6, 6.07) is 36.5. The van der Waals surface area contributed by atoms with Crippen molar-refractivity contribution in [3.63, 3.8) is 0 Å². The summed E-state index contributed by atoms with van der Waals surface area (Å²) in [5.74, 6) is 6.05. The molecule has 276 valence electrons. The Balaban J connectivity index is 0.000000307. The van der Waals surface area contributed by atoms with Crippen LogP contribution in [-0.2, 0) is 4.79 Å². The lowest BCUT2D eigenvalue weighted by atomic mass is 9.98. The number of aryl methyl sites for hydroxylation is 4. The second-order valence-electron chi connectivity index (χ2n) is 11.9. The highest BCUT2D eigenvalue weighted by Gasteiger charge is 2.15. The third-order valence-electron chi connectivity index (χ3n) is 8.28. The Kier molecular flexibility index (Phi) is 15.8. The molecule has 12 heteroatoms. The van der Waals surface area contributed by atoms with Gasteiger partial charge >= 0.3 is 0 Å². The van der Waals surface area contributed by atoms with Crippen molar-refractivity contribution in [2.45, 2.75) is 27.7 Å². The number of aromatic nitrogens is 4. The van der Waals surface area contributed by atoms with Crippen LogP contribution in [0.4, 0.5) is 11.6 Å². The Labute approximate surface area is 317 Å². The van der Waals surface area contributed by atoms with Gasteiger partial charge in [0.15, 0.2) is 0 Å². The minimum absolute atomic E-state index is 0. The first-order valence-electron chi connectivity index (χ1n) is 16.7. The number of benzene rings is 2. The van der Waals surface area contributed by atoms with Crippen molar-refractivity contribution >= 4 is 41.6 Å². The fourth-order valence-electron chi connectivity index (χ4n) is 6.04. The van der Waals surface area contributed by atoms with E-state index in [1.807, 2.05) is 54.6 Å². The van der Waals surface area contributed by atoms with E-state index in [2.05, 4.69) is 108 Å². The molecule has 0 saturated carbocycles. The lowest BCUT2D eigenvalue weighted by Gasteiger charge is -2.17. The molecule has 11 nitrogen and oxygen atoms in total. The predicted molar refractivity (Wildman–Crippen MR) is 218 cm³/mol. The summed E-state index contributed by atoms with van der Waals surface area (Å²) >= 11 is 0. The third-order valence-corrected chi connectivity index (χ3v) is 8.28. The molecule has 0 bridgehead atoms. The summed E-state index contributed by atoms with van der Waals surface area (Å²) in [7, 11) is 0. The summed E-state index contributed by atoms with van der Waals surface area (Å²) in [5, 5.41) is 9.26. The van der Waals surface area contributed by atoms with Crippen molar-refractivity contribution in [1.29, 1.82) is 0 Å². The SMILES string of the molecule is Cc1ccc(C)n1-c1cc(/C(=C/CNC=O)c2ccccc2)cc(-n2c(C)ccc2C)n1.Cl.NC/C=C(\c1ccccc1)c1cc(N)nc(N)c1.NO. The molecular formula is C41H48ClN9O2. The smallest absolute Gasteiger partial charge is 0.207 e. The summed E-state index contributed by atoms with van der Waals surface area (Å²) < 4.78 is 4.35. The maximum atomic E-state index is 10.9. The molecule has 0 spiro atoms.